The third-order valence-corrected chi connectivity index (χ3v) is 6.24. The SMILES string of the molecule is CC([CH2][Na])S(=O)(=O)O.CC=CC(=O)OCC(CCCC)C(=O)O. The van der Waals surface area contributed by atoms with Crippen molar-refractivity contribution in [3.8, 4) is 0 Å². The fourth-order valence-electron chi connectivity index (χ4n) is 1.31. The van der Waals surface area contributed by atoms with Gasteiger partial charge in [-0.2, -0.15) is 0 Å². The summed E-state index contributed by atoms with van der Waals surface area (Å²) in [5.74, 6) is -1.98. The standard InChI is InChI=1S/C11H18O4.C3H7O3S.Na/c1-3-5-7-9(11(13)14)8-15-10(12)6-4-2;1-3(2)7(4,5)6;/h4,6,9H,3,5,7-8H2,1-2H3,(H,13,14);3H,1H2,2H3,(H,4,5,6);. The molecule has 2 unspecified atom stereocenters. The van der Waals surface area contributed by atoms with Gasteiger partial charge in [-0.05, 0) is 13.3 Å². The Labute approximate surface area is 155 Å². The van der Waals surface area contributed by atoms with E-state index in [4.69, 9.17) is 14.4 Å². The first-order valence-corrected chi connectivity index (χ1v) is 10.5. The number of unbranched alkanes of at least 4 members (excludes halogenated alkanes) is 1. The van der Waals surface area contributed by atoms with Crippen LogP contribution in [0.15, 0.2) is 12.2 Å². The van der Waals surface area contributed by atoms with Crippen LogP contribution in [0.4, 0.5) is 0 Å². The van der Waals surface area contributed by atoms with E-state index in [1.807, 2.05) is 6.92 Å². The minimum Gasteiger partial charge on any atom is -0.481 e. The number of ether oxygens (including phenoxy) is 1. The smallest absolute Gasteiger partial charge is 0.330 e. The average Bonchev–Trinajstić information content (AvgIpc) is 2.46. The Hall–Kier alpha value is -0.410. The molecule has 0 aromatic heterocycles. The van der Waals surface area contributed by atoms with E-state index in [-0.39, 0.29) is 6.61 Å². The fourth-order valence-corrected chi connectivity index (χ4v) is 2.99. The molecule has 0 radical (unpaired) electrons. The van der Waals surface area contributed by atoms with Crippen molar-refractivity contribution in [1.29, 1.82) is 0 Å². The van der Waals surface area contributed by atoms with Crippen LogP contribution in [-0.2, 0) is 24.4 Å². The Balaban J connectivity index is 0. The molecule has 7 nitrogen and oxygen atoms in total. The number of carbonyl (C=O) groups is 2. The van der Waals surface area contributed by atoms with Gasteiger partial charge in [0.2, 0.25) is 0 Å². The van der Waals surface area contributed by atoms with Gasteiger partial charge < -0.3 is 9.84 Å². The first-order valence-electron chi connectivity index (χ1n) is 7.58. The van der Waals surface area contributed by atoms with Gasteiger partial charge in [0.1, 0.15) is 6.61 Å². The molecular formula is C14H25NaO7S. The summed E-state index contributed by atoms with van der Waals surface area (Å²) in [6.45, 7) is 5.15. The zero-order valence-electron chi connectivity index (χ0n) is 14.2. The maximum atomic E-state index is 10.9. The first kappa shape index (κ1) is 24.8. The second-order valence-corrected chi connectivity index (χ2v) is 7.69. The van der Waals surface area contributed by atoms with Gasteiger partial charge in [-0.1, -0.05) is 25.8 Å². The molecule has 0 aromatic carbocycles. The molecule has 0 saturated carbocycles. The second kappa shape index (κ2) is 14.0. The van der Waals surface area contributed by atoms with Gasteiger partial charge in [0.05, 0.1) is 5.92 Å². The van der Waals surface area contributed by atoms with E-state index in [9.17, 15) is 18.0 Å². The van der Waals surface area contributed by atoms with E-state index in [2.05, 4.69) is 0 Å². The fraction of sp³-hybridized carbons (Fsp3) is 0.714. The molecule has 0 heterocycles. The zero-order valence-corrected chi connectivity index (χ0v) is 17.0. The van der Waals surface area contributed by atoms with Crippen molar-refractivity contribution in [3.63, 3.8) is 0 Å². The summed E-state index contributed by atoms with van der Waals surface area (Å²) in [6, 6.07) is 0. The van der Waals surface area contributed by atoms with Crippen LogP contribution in [0.5, 0.6) is 0 Å². The van der Waals surface area contributed by atoms with Gasteiger partial charge in [-0.15, -0.1) is 0 Å². The monoisotopic (exact) mass is 360 g/mol. The van der Waals surface area contributed by atoms with E-state index in [1.54, 1.807) is 13.0 Å². The molecule has 0 bridgehead atoms. The van der Waals surface area contributed by atoms with Crippen LogP contribution in [0, 0.1) is 5.92 Å². The normalized spacial score (nSPS) is 13.8. The predicted molar refractivity (Wildman–Crippen MR) is 88.0 cm³/mol. The summed E-state index contributed by atoms with van der Waals surface area (Å²) in [4.78, 5) is 21.7. The van der Waals surface area contributed by atoms with Crippen LogP contribution in [-0.4, -0.2) is 69.8 Å². The number of rotatable bonds is 9. The molecule has 2 atom stereocenters. The molecule has 23 heavy (non-hydrogen) atoms. The minimum absolute atomic E-state index is 0.0431. The van der Waals surface area contributed by atoms with Crippen molar-refractivity contribution >= 4 is 50.0 Å². The van der Waals surface area contributed by atoms with Crippen molar-refractivity contribution < 1.29 is 32.4 Å². The van der Waals surface area contributed by atoms with Crippen LogP contribution in [0.3, 0.4) is 0 Å². The topological polar surface area (TPSA) is 118 Å². The van der Waals surface area contributed by atoms with Crippen LogP contribution < -0.4 is 0 Å². The molecule has 0 aliphatic rings. The summed E-state index contributed by atoms with van der Waals surface area (Å²) < 4.78 is 34.0. The largest absolute Gasteiger partial charge is 0.481 e. The van der Waals surface area contributed by atoms with Crippen LogP contribution in [0.1, 0.15) is 40.0 Å². The van der Waals surface area contributed by atoms with Crippen molar-refractivity contribution in [1.82, 2.24) is 0 Å². The van der Waals surface area contributed by atoms with Gasteiger partial charge in [-0.25, -0.2) is 4.79 Å². The maximum Gasteiger partial charge on any atom is 0.330 e. The quantitative estimate of drug-likeness (QED) is 0.279. The summed E-state index contributed by atoms with van der Waals surface area (Å²) in [7, 11) is -3.72. The number of allylic oxidation sites excluding steroid dienone is 1. The van der Waals surface area contributed by atoms with E-state index in [1.165, 1.54) is 13.0 Å². The third kappa shape index (κ3) is 14.9. The molecule has 2 N–H and O–H groups in total. The Morgan fingerprint density at radius 3 is 2.22 bits per heavy atom. The van der Waals surface area contributed by atoms with Crippen molar-refractivity contribution in [2.24, 2.45) is 5.92 Å². The molecular weight excluding hydrogens is 335 g/mol. The Bertz CT molecular complexity index is 474. The van der Waals surface area contributed by atoms with E-state index < -0.39 is 33.2 Å². The number of carboxylic acid groups (broad SMARTS) is 1. The van der Waals surface area contributed by atoms with E-state index >= 15 is 0 Å². The van der Waals surface area contributed by atoms with Crippen molar-refractivity contribution in [2.45, 2.75) is 49.0 Å². The summed E-state index contributed by atoms with van der Waals surface area (Å²) in [6.07, 6.45) is 5.16. The molecule has 0 rings (SSSR count). The number of esters is 1. The molecule has 0 saturated heterocycles. The van der Waals surface area contributed by atoms with Gasteiger partial charge in [0.25, 0.3) is 0 Å². The molecule has 0 fully saturated rings. The summed E-state index contributed by atoms with van der Waals surface area (Å²) >= 11 is 0.814. The van der Waals surface area contributed by atoms with Gasteiger partial charge in [0, 0.05) is 6.08 Å². The molecule has 0 aliphatic heterocycles. The maximum absolute atomic E-state index is 10.9. The van der Waals surface area contributed by atoms with Crippen LogP contribution in [0.25, 0.3) is 0 Å². The van der Waals surface area contributed by atoms with Crippen LogP contribution in [0.2, 0.25) is 3.67 Å². The number of aliphatic carboxylic acids is 1. The van der Waals surface area contributed by atoms with E-state index in [0.717, 1.165) is 40.8 Å². The molecule has 0 spiro atoms. The minimum atomic E-state index is -3.72. The van der Waals surface area contributed by atoms with E-state index in [0.29, 0.717) is 10.1 Å². The summed E-state index contributed by atoms with van der Waals surface area (Å²) in [5.41, 5.74) is 0. The Morgan fingerprint density at radius 2 is 1.91 bits per heavy atom. The zero-order chi connectivity index (χ0) is 18.5. The molecule has 0 aliphatic carbocycles. The Morgan fingerprint density at radius 1 is 1.35 bits per heavy atom. The molecule has 0 aromatic rings. The second-order valence-electron chi connectivity index (χ2n) is 5.04. The van der Waals surface area contributed by atoms with Gasteiger partial charge in [0.15, 0.2) is 0 Å². The van der Waals surface area contributed by atoms with Gasteiger partial charge in [-0.3, -0.25) is 4.79 Å². The number of hydrogen-bond donors (Lipinski definition) is 2. The van der Waals surface area contributed by atoms with Crippen molar-refractivity contribution in [2.75, 3.05) is 6.61 Å². The predicted octanol–water partition coefficient (Wildman–Crippen LogP) is 1.85. The van der Waals surface area contributed by atoms with Crippen LogP contribution >= 0.6 is 0 Å². The molecule has 130 valence electrons. The number of hydrogen-bond acceptors (Lipinski definition) is 5. The first-order chi connectivity index (χ1) is 10.6. The van der Waals surface area contributed by atoms with Crippen molar-refractivity contribution in [3.05, 3.63) is 12.2 Å². The average molecular weight is 360 g/mol. The number of carboxylic acids is 1. The Kier molecular flexibility index (Phi) is 15.1. The van der Waals surface area contributed by atoms with Gasteiger partial charge >= 0.3 is 78.8 Å². The number of carbonyl (C=O) groups excluding carboxylic acids is 1. The third-order valence-electron chi connectivity index (χ3n) is 3.07. The summed E-state index contributed by atoms with van der Waals surface area (Å²) in [5, 5.41) is 8.27. The molecule has 9 heteroatoms. The molecule has 0 amide bonds.